The summed E-state index contributed by atoms with van der Waals surface area (Å²) in [5, 5.41) is 0. The Hall–Kier alpha value is -0.0800. The number of hydrogen-bond donors (Lipinski definition) is 0. The van der Waals surface area contributed by atoms with Gasteiger partial charge in [0.15, 0.2) is 0 Å². The molecule has 2 nitrogen and oxygen atoms in total. The zero-order valence-electron chi connectivity index (χ0n) is 13.3. The van der Waals surface area contributed by atoms with E-state index in [4.69, 9.17) is 0 Å². The van der Waals surface area contributed by atoms with Gasteiger partial charge in [-0.2, -0.15) is 0 Å². The molecule has 19 heavy (non-hydrogen) atoms. The summed E-state index contributed by atoms with van der Waals surface area (Å²) in [7, 11) is 0. The molecule has 0 aromatic rings. The second-order valence-electron chi connectivity index (χ2n) is 7.78. The number of hydrogen-bond acceptors (Lipinski definition) is 2. The first kappa shape index (κ1) is 13.9. The molecule has 0 aromatic carbocycles. The van der Waals surface area contributed by atoms with Crippen molar-refractivity contribution in [3.05, 3.63) is 0 Å². The lowest BCUT2D eigenvalue weighted by atomic mass is 9.90. The summed E-state index contributed by atoms with van der Waals surface area (Å²) >= 11 is 0. The largest absolute Gasteiger partial charge is 0.298 e. The van der Waals surface area contributed by atoms with E-state index in [1.54, 1.807) is 0 Å². The molecule has 2 aliphatic heterocycles. The molecule has 0 spiro atoms. The first-order chi connectivity index (χ1) is 9.08. The second kappa shape index (κ2) is 5.37. The van der Waals surface area contributed by atoms with Gasteiger partial charge in [0, 0.05) is 31.2 Å². The van der Waals surface area contributed by atoms with Crippen molar-refractivity contribution in [3.63, 3.8) is 0 Å². The minimum Gasteiger partial charge on any atom is -0.298 e. The third kappa shape index (κ3) is 2.47. The maximum Gasteiger partial charge on any atom is 0.0249 e. The van der Waals surface area contributed by atoms with E-state index in [0.717, 1.165) is 35.9 Å². The molecule has 0 N–H and O–H groups in total. The SMILES string of the molecule is CC(C)C1CN2CCCC2CN1C1CCC(C)C1C. The van der Waals surface area contributed by atoms with E-state index in [0.29, 0.717) is 0 Å². The van der Waals surface area contributed by atoms with Crippen LogP contribution in [-0.4, -0.2) is 47.6 Å². The Morgan fingerprint density at radius 3 is 2.42 bits per heavy atom. The number of fused-ring (bicyclic) bond motifs is 1. The van der Waals surface area contributed by atoms with Gasteiger partial charge in [0.1, 0.15) is 0 Å². The summed E-state index contributed by atoms with van der Waals surface area (Å²) in [6.07, 6.45) is 5.76. The Kier molecular flexibility index (Phi) is 3.92. The molecule has 3 fully saturated rings. The van der Waals surface area contributed by atoms with Gasteiger partial charge in [-0.1, -0.05) is 27.7 Å². The van der Waals surface area contributed by atoms with Crippen LogP contribution in [0.15, 0.2) is 0 Å². The van der Waals surface area contributed by atoms with E-state index >= 15 is 0 Å². The summed E-state index contributed by atoms with van der Waals surface area (Å²) in [6.45, 7) is 13.9. The average Bonchev–Trinajstić information content (AvgIpc) is 2.95. The highest BCUT2D eigenvalue weighted by molar-refractivity contribution is 4.98. The molecule has 3 aliphatic rings. The van der Waals surface area contributed by atoms with Crippen molar-refractivity contribution < 1.29 is 0 Å². The van der Waals surface area contributed by atoms with Crippen LogP contribution >= 0.6 is 0 Å². The summed E-state index contributed by atoms with van der Waals surface area (Å²) < 4.78 is 0. The predicted molar refractivity (Wildman–Crippen MR) is 81.3 cm³/mol. The van der Waals surface area contributed by atoms with Crippen LogP contribution in [0.4, 0.5) is 0 Å². The van der Waals surface area contributed by atoms with Crippen LogP contribution in [0, 0.1) is 17.8 Å². The minimum absolute atomic E-state index is 0.796. The van der Waals surface area contributed by atoms with Crippen molar-refractivity contribution in [2.45, 2.75) is 71.5 Å². The van der Waals surface area contributed by atoms with Gasteiger partial charge >= 0.3 is 0 Å². The van der Waals surface area contributed by atoms with Gasteiger partial charge in [-0.3, -0.25) is 9.80 Å². The molecule has 2 heteroatoms. The molecule has 2 saturated heterocycles. The fourth-order valence-electron chi connectivity index (χ4n) is 4.85. The van der Waals surface area contributed by atoms with Crippen LogP contribution in [0.5, 0.6) is 0 Å². The fourth-order valence-corrected chi connectivity index (χ4v) is 4.85. The molecule has 5 atom stereocenters. The molecule has 1 saturated carbocycles. The molecular weight excluding hydrogens is 232 g/mol. The Labute approximate surface area is 119 Å². The van der Waals surface area contributed by atoms with Crippen LogP contribution in [0.1, 0.15) is 53.4 Å². The van der Waals surface area contributed by atoms with E-state index in [2.05, 4.69) is 37.5 Å². The van der Waals surface area contributed by atoms with Gasteiger partial charge in [0.2, 0.25) is 0 Å². The van der Waals surface area contributed by atoms with Gasteiger partial charge in [0.25, 0.3) is 0 Å². The van der Waals surface area contributed by atoms with E-state index in [9.17, 15) is 0 Å². The van der Waals surface area contributed by atoms with Crippen LogP contribution in [-0.2, 0) is 0 Å². The molecule has 0 aromatic heterocycles. The first-order valence-electron chi connectivity index (χ1n) is 8.57. The van der Waals surface area contributed by atoms with Crippen LogP contribution < -0.4 is 0 Å². The Morgan fingerprint density at radius 2 is 1.79 bits per heavy atom. The van der Waals surface area contributed by atoms with Crippen molar-refractivity contribution in [3.8, 4) is 0 Å². The van der Waals surface area contributed by atoms with Gasteiger partial charge in [-0.25, -0.2) is 0 Å². The summed E-state index contributed by atoms with van der Waals surface area (Å²) in [5.74, 6) is 2.62. The lowest BCUT2D eigenvalue weighted by Crippen LogP contribution is -2.61. The Bertz CT molecular complexity index is 314. The van der Waals surface area contributed by atoms with Crippen LogP contribution in [0.25, 0.3) is 0 Å². The van der Waals surface area contributed by atoms with Crippen LogP contribution in [0.2, 0.25) is 0 Å². The molecule has 3 rings (SSSR count). The van der Waals surface area contributed by atoms with Gasteiger partial charge < -0.3 is 0 Å². The van der Waals surface area contributed by atoms with Crippen molar-refractivity contribution in [2.75, 3.05) is 19.6 Å². The third-order valence-corrected chi connectivity index (χ3v) is 6.39. The predicted octanol–water partition coefficient (Wildman–Crippen LogP) is 3.23. The molecule has 0 amide bonds. The van der Waals surface area contributed by atoms with E-state index in [1.165, 1.54) is 45.3 Å². The number of piperazine rings is 1. The van der Waals surface area contributed by atoms with Gasteiger partial charge in [-0.15, -0.1) is 0 Å². The number of rotatable bonds is 2. The monoisotopic (exact) mass is 264 g/mol. The Morgan fingerprint density at radius 1 is 1.00 bits per heavy atom. The van der Waals surface area contributed by atoms with Crippen molar-refractivity contribution in [1.29, 1.82) is 0 Å². The summed E-state index contributed by atoms with van der Waals surface area (Å²) in [4.78, 5) is 5.72. The molecule has 0 radical (unpaired) electrons. The Balaban J connectivity index is 1.77. The summed E-state index contributed by atoms with van der Waals surface area (Å²) in [5.41, 5.74) is 0. The highest BCUT2D eigenvalue weighted by atomic mass is 15.3. The maximum atomic E-state index is 2.94. The lowest BCUT2D eigenvalue weighted by Gasteiger charge is -2.49. The highest BCUT2D eigenvalue weighted by Crippen LogP contribution is 2.39. The maximum absolute atomic E-state index is 2.94. The smallest absolute Gasteiger partial charge is 0.0249 e. The average molecular weight is 264 g/mol. The first-order valence-corrected chi connectivity index (χ1v) is 8.57. The van der Waals surface area contributed by atoms with E-state index in [1.807, 2.05) is 0 Å². The third-order valence-electron chi connectivity index (χ3n) is 6.39. The molecule has 2 heterocycles. The number of nitrogens with zero attached hydrogens (tertiary/aromatic N) is 2. The summed E-state index contributed by atoms with van der Waals surface area (Å²) in [6, 6.07) is 2.54. The molecule has 1 aliphatic carbocycles. The van der Waals surface area contributed by atoms with Gasteiger partial charge in [-0.05, 0) is 50.0 Å². The van der Waals surface area contributed by atoms with Crippen molar-refractivity contribution in [1.82, 2.24) is 9.80 Å². The normalized spacial score (nSPS) is 45.0. The second-order valence-corrected chi connectivity index (χ2v) is 7.78. The minimum atomic E-state index is 0.796. The van der Waals surface area contributed by atoms with Crippen LogP contribution in [0.3, 0.4) is 0 Å². The van der Waals surface area contributed by atoms with Gasteiger partial charge in [0.05, 0.1) is 0 Å². The quantitative estimate of drug-likeness (QED) is 0.755. The molecule has 5 unspecified atom stereocenters. The van der Waals surface area contributed by atoms with Crippen molar-refractivity contribution >= 4 is 0 Å². The van der Waals surface area contributed by atoms with E-state index in [-0.39, 0.29) is 0 Å². The molecule has 110 valence electrons. The standard InChI is InChI=1S/C17H32N2/c1-12(2)17-11-18-9-5-6-15(18)10-19(17)16-8-7-13(3)14(16)4/h12-17H,5-11H2,1-4H3. The van der Waals surface area contributed by atoms with Crippen molar-refractivity contribution in [2.24, 2.45) is 17.8 Å². The molecular formula is C17H32N2. The molecule has 0 bridgehead atoms. The topological polar surface area (TPSA) is 6.48 Å². The fraction of sp³-hybridized carbons (Fsp3) is 1.00. The lowest BCUT2D eigenvalue weighted by molar-refractivity contribution is -0.0108. The van der Waals surface area contributed by atoms with E-state index < -0.39 is 0 Å². The highest BCUT2D eigenvalue weighted by Gasteiger charge is 2.43. The zero-order valence-corrected chi connectivity index (χ0v) is 13.3. The zero-order chi connectivity index (χ0) is 13.6.